The summed E-state index contributed by atoms with van der Waals surface area (Å²) in [6, 6.07) is 8.32. The van der Waals surface area contributed by atoms with Crippen LogP contribution in [0.5, 0.6) is 0 Å². The second-order valence-electron chi connectivity index (χ2n) is 6.51. The predicted octanol–water partition coefficient (Wildman–Crippen LogP) is 5.53. The van der Waals surface area contributed by atoms with Crippen molar-refractivity contribution in [1.82, 2.24) is 9.97 Å². The van der Waals surface area contributed by atoms with Crippen molar-refractivity contribution in [2.75, 3.05) is 0 Å². The number of nitrogens with zero attached hydrogens (tertiary/aromatic N) is 2. The molecule has 0 aliphatic heterocycles. The highest BCUT2D eigenvalue weighted by molar-refractivity contribution is 5.85. The summed E-state index contributed by atoms with van der Waals surface area (Å²) in [5, 5.41) is 8.85. The third-order valence-corrected chi connectivity index (χ3v) is 4.44. The van der Waals surface area contributed by atoms with Crippen LogP contribution in [-0.2, 0) is 6.42 Å². The fourth-order valence-electron chi connectivity index (χ4n) is 2.89. The van der Waals surface area contributed by atoms with Gasteiger partial charge in [0.05, 0.1) is 18.1 Å². The molecule has 0 bridgehead atoms. The summed E-state index contributed by atoms with van der Waals surface area (Å²) in [6.45, 7) is 2.25. The van der Waals surface area contributed by atoms with Gasteiger partial charge >= 0.3 is 5.97 Å². The van der Waals surface area contributed by atoms with Gasteiger partial charge in [-0.2, -0.15) is 0 Å². The van der Waals surface area contributed by atoms with E-state index >= 15 is 0 Å². The Labute approximate surface area is 150 Å². The molecule has 134 valence electrons. The molecule has 0 unspecified atom stereocenters. The average molecular weight is 340 g/mol. The Bertz CT molecular complexity index is 636. The number of benzene rings is 1. The first-order valence-electron chi connectivity index (χ1n) is 9.35. The Kier molecular flexibility index (Phi) is 8.10. The molecule has 4 heteroatoms. The minimum absolute atomic E-state index is 0.0323. The van der Waals surface area contributed by atoms with Gasteiger partial charge in [-0.05, 0) is 18.4 Å². The second kappa shape index (κ2) is 10.6. The zero-order valence-electron chi connectivity index (χ0n) is 15.1. The van der Waals surface area contributed by atoms with Gasteiger partial charge in [-0.15, -0.1) is 0 Å². The van der Waals surface area contributed by atoms with E-state index in [1.54, 1.807) is 0 Å². The molecule has 0 saturated heterocycles. The normalized spacial score (nSPS) is 10.8. The van der Waals surface area contributed by atoms with Gasteiger partial charge in [0.1, 0.15) is 0 Å². The maximum Gasteiger partial charge on any atom is 0.356 e. The molecule has 0 aliphatic carbocycles. The molecular weight excluding hydrogens is 312 g/mol. The molecule has 2 aromatic rings. The lowest BCUT2D eigenvalue weighted by atomic mass is 10.0. The number of aromatic nitrogens is 2. The summed E-state index contributed by atoms with van der Waals surface area (Å²) in [7, 11) is 0. The van der Waals surface area contributed by atoms with Crippen molar-refractivity contribution in [1.29, 1.82) is 0 Å². The number of rotatable bonds is 11. The molecule has 1 aromatic carbocycles. The standard InChI is InChI=1S/C21H28N2O2/c1-2-3-4-5-6-7-8-9-10-17-11-13-18(14-12-17)19-15-23-20(16-22-19)21(24)25/h11-16H,2-10H2,1H3,(H,24,25). The largest absolute Gasteiger partial charge is 0.476 e. The van der Waals surface area contributed by atoms with Crippen molar-refractivity contribution in [3.63, 3.8) is 0 Å². The molecule has 25 heavy (non-hydrogen) atoms. The van der Waals surface area contributed by atoms with Crippen molar-refractivity contribution in [2.45, 2.75) is 64.7 Å². The van der Waals surface area contributed by atoms with Crippen molar-refractivity contribution in [3.05, 3.63) is 47.9 Å². The predicted molar refractivity (Wildman–Crippen MR) is 101 cm³/mol. The van der Waals surface area contributed by atoms with E-state index < -0.39 is 5.97 Å². The number of aryl methyl sites for hydroxylation is 1. The van der Waals surface area contributed by atoms with Crippen LogP contribution in [0.1, 0.15) is 74.3 Å². The minimum atomic E-state index is -1.06. The van der Waals surface area contributed by atoms with Gasteiger partial charge in [-0.1, -0.05) is 76.1 Å². The molecule has 0 radical (unpaired) electrons. The van der Waals surface area contributed by atoms with E-state index in [1.807, 2.05) is 12.1 Å². The van der Waals surface area contributed by atoms with Crippen molar-refractivity contribution < 1.29 is 9.90 Å². The summed E-state index contributed by atoms with van der Waals surface area (Å²) in [6.07, 6.45) is 14.6. The monoisotopic (exact) mass is 340 g/mol. The van der Waals surface area contributed by atoms with Crippen LogP contribution in [0.4, 0.5) is 0 Å². The number of carboxylic acid groups (broad SMARTS) is 1. The average Bonchev–Trinajstić information content (AvgIpc) is 2.64. The molecule has 0 saturated carbocycles. The summed E-state index contributed by atoms with van der Waals surface area (Å²) in [4.78, 5) is 18.9. The molecule has 1 heterocycles. The smallest absolute Gasteiger partial charge is 0.356 e. The molecule has 0 spiro atoms. The third kappa shape index (κ3) is 6.65. The lowest BCUT2D eigenvalue weighted by molar-refractivity contribution is 0.0690. The van der Waals surface area contributed by atoms with Crippen LogP contribution in [0.25, 0.3) is 11.3 Å². The van der Waals surface area contributed by atoms with Crippen LogP contribution in [-0.4, -0.2) is 21.0 Å². The van der Waals surface area contributed by atoms with Gasteiger partial charge in [0, 0.05) is 5.56 Å². The van der Waals surface area contributed by atoms with E-state index in [0.717, 1.165) is 12.0 Å². The Morgan fingerprint density at radius 1 is 0.880 bits per heavy atom. The quantitative estimate of drug-likeness (QED) is 0.547. The molecule has 0 atom stereocenters. The Morgan fingerprint density at radius 2 is 1.52 bits per heavy atom. The molecule has 1 N–H and O–H groups in total. The SMILES string of the molecule is CCCCCCCCCCc1ccc(-c2cnc(C(=O)O)cn2)cc1. The van der Waals surface area contributed by atoms with Crippen LogP contribution in [0.2, 0.25) is 0 Å². The summed E-state index contributed by atoms with van der Waals surface area (Å²) in [5.41, 5.74) is 2.97. The van der Waals surface area contributed by atoms with E-state index in [-0.39, 0.29) is 5.69 Å². The summed E-state index contributed by atoms with van der Waals surface area (Å²) in [5.74, 6) is -1.06. The number of carbonyl (C=O) groups is 1. The Hall–Kier alpha value is -2.23. The van der Waals surface area contributed by atoms with Gasteiger partial charge in [-0.25, -0.2) is 9.78 Å². The Morgan fingerprint density at radius 3 is 2.08 bits per heavy atom. The van der Waals surface area contributed by atoms with Crippen LogP contribution < -0.4 is 0 Å². The van der Waals surface area contributed by atoms with Crippen LogP contribution in [0, 0.1) is 0 Å². The number of unbranched alkanes of at least 4 members (excludes halogenated alkanes) is 7. The Balaban J connectivity index is 1.73. The first-order valence-corrected chi connectivity index (χ1v) is 9.35. The highest BCUT2D eigenvalue weighted by Crippen LogP contribution is 2.18. The van der Waals surface area contributed by atoms with Gasteiger partial charge in [0.15, 0.2) is 5.69 Å². The van der Waals surface area contributed by atoms with Gasteiger partial charge < -0.3 is 5.11 Å². The van der Waals surface area contributed by atoms with Gasteiger partial charge in [0.25, 0.3) is 0 Å². The topological polar surface area (TPSA) is 63.1 Å². The van der Waals surface area contributed by atoms with E-state index in [2.05, 4.69) is 29.0 Å². The van der Waals surface area contributed by atoms with Gasteiger partial charge in [-0.3, -0.25) is 4.98 Å². The lowest BCUT2D eigenvalue weighted by Crippen LogP contribution is -2.01. The number of carboxylic acids is 1. The highest BCUT2D eigenvalue weighted by Gasteiger charge is 2.06. The van der Waals surface area contributed by atoms with Crippen molar-refractivity contribution >= 4 is 5.97 Å². The number of aromatic carboxylic acids is 1. The first-order chi connectivity index (χ1) is 12.2. The molecule has 4 nitrogen and oxygen atoms in total. The van der Waals surface area contributed by atoms with Crippen molar-refractivity contribution in [2.24, 2.45) is 0 Å². The molecule has 0 fully saturated rings. The maximum atomic E-state index is 10.8. The molecule has 2 rings (SSSR count). The summed E-state index contributed by atoms with van der Waals surface area (Å²) < 4.78 is 0. The lowest BCUT2D eigenvalue weighted by Gasteiger charge is -2.05. The first kappa shape index (κ1) is 19.1. The minimum Gasteiger partial charge on any atom is -0.476 e. The van der Waals surface area contributed by atoms with Crippen molar-refractivity contribution in [3.8, 4) is 11.3 Å². The number of hydrogen-bond donors (Lipinski definition) is 1. The van der Waals surface area contributed by atoms with Crippen LogP contribution >= 0.6 is 0 Å². The molecule has 0 amide bonds. The van der Waals surface area contributed by atoms with E-state index in [0.29, 0.717) is 5.69 Å². The fourth-order valence-corrected chi connectivity index (χ4v) is 2.89. The maximum absolute atomic E-state index is 10.8. The second-order valence-corrected chi connectivity index (χ2v) is 6.51. The van der Waals surface area contributed by atoms with E-state index in [4.69, 9.17) is 5.11 Å². The third-order valence-electron chi connectivity index (χ3n) is 4.44. The zero-order valence-corrected chi connectivity index (χ0v) is 15.1. The molecule has 0 aliphatic rings. The van der Waals surface area contributed by atoms with E-state index in [1.165, 1.54) is 69.3 Å². The number of hydrogen-bond acceptors (Lipinski definition) is 3. The molecule has 1 aromatic heterocycles. The fraction of sp³-hybridized carbons (Fsp3) is 0.476. The van der Waals surface area contributed by atoms with Gasteiger partial charge in [0.2, 0.25) is 0 Å². The van der Waals surface area contributed by atoms with E-state index in [9.17, 15) is 4.79 Å². The zero-order chi connectivity index (χ0) is 17.9. The summed E-state index contributed by atoms with van der Waals surface area (Å²) >= 11 is 0. The van der Waals surface area contributed by atoms with Crippen LogP contribution in [0.3, 0.4) is 0 Å². The highest BCUT2D eigenvalue weighted by atomic mass is 16.4. The molecular formula is C21H28N2O2. The van der Waals surface area contributed by atoms with Crippen LogP contribution in [0.15, 0.2) is 36.7 Å².